The first kappa shape index (κ1) is 15.0. The fourth-order valence-corrected chi connectivity index (χ4v) is 2.42. The van der Waals surface area contributed by atoms with Crippen molar-refractivity contribution in [2.75, 3.05) is 12.4 Å². The van der Waals surface area contributed by atoms with Crippen molar-refractivity contribution < 1.29 is 22.1 Å². The maximum absolute atomic E-state index is 11.8. The summed E-state index contributed by atoms with van der Waals surface area (Å²) in [5.74, 6) is 0.349. The fraction of sp³-hybridized carbons (Fsp3) is 0.0714. The molecule has 0 unspecified atom stereocenters. The van der Waals surface area contributed by atoms with Crippen molar-refractivity contribution in [2.45, 2.75) is 4.90 Å². The zero-order valence-electron chi connectivity index (χ0n) is 11.1. The van der Waals surface area contributed by atoms with E-state index in [9.17, 15) is 13.2 Å². The van der Waals surface area contributed by atoms with E-state index in [0.29, 0.717) is 5.75 Å². The Labute approximate surface area is 122 Å². The molecule has 0 radical (unpaired) electrons. The third-order valence-electron chi connectivity index (χ3n) is 2.57. The summed E-state index contributed by atoms with van der Waals surface area (Å²) in [5, 5.41) is 2.38. The van der Waals surface area contributed by atoms with Crippen LogP contribution < -0.4 is 10.1 Å². The number of rotatable bonds is 4. The van der Waals surface area contributed by atoms with Crippen LogP contribution in [0.3, 0.4) is 0 Å². The molecule has 0 spiro atoms. The van der Waals surface area contributed by atoms with Crippen LogP contribution in [0, 0.1) is 0 Å². The second-order valence-electron chi connectivity index (χ2n) is 3.94. The molecular weight excluding hydrogens is 294 g/mol. The summed E-state index contributed by atoms with van der Waals surface area (Å²) in [5.41, 5.74) is 0.0836. The lowest BCUT2D eigenvalue weighted by atomic mass is 10.3. The SMILES string of the molecule is COS(=O)(=O)c1ccccc1NC(=O)Oc1ccccc1. The van der Waals surface area contributed by atoms with Crippen LogP contribution >= 0.6 is 0 Å². The van der Waals surface area contributed by atoms with E-state index in [-0.39, 0.29) is 10.6 Å². The third kappa shape index (κ3) is 3.80. The standard InChI is InChI=1S/C14H13NO5S/c1-19-21(17,18)13-10-6-5-9-12(13)15-14(16)20-11-7-3-2-4-8-11/h2-10H,1H3,(H,15,16). The molecule has 0 aliphatic rings. The van der Waals surface area contributed by atoms with Crippen LogP contribution in [0.25, 0.3) is 0 Å². The highest BCUT2D eigenvalue weighted by atomic mass is 32.2. The molecule has 7 heteroatoms. The number of carbonyl (C=O) groups is 1. The number of anilines is 1. The molecule has 6 nitrogen and oxygen atoms in total. The van der Waals surface area contributed by atoms with Gasteiger partial charge in [-0.25, -0.2) is 4.79 Å². The van der Waals surface area contributed by atoms with E-state index in [1.165, 1.54) is 18.2 Å². The van der Waals surface area contributed by atoms with Gasteiger partial charge < -0.3 is 4.74 Å². The molecule has 110 valence electrons. The van der Waals surface area contributed by atoms with E-state index in [1.807, 2.05) is 0 Å². The second kappa shape index (κ2) is 6.38. The summed E-state index contributed by atoms with van der Waals surface area (Å²) < 4.78 is 33.0. The molecule has 0 saturated heterocycles. The first-order valence-corrected chi connectivity index (χ1v) is 7.37. The lowest BCUT2D eigenvalue weighted by Crippen LogP contribution is -2.18. The van der Waals surface area contributed by atoms with Crippen LogP contribution in [0.2, 0.25) is 0 Å². The monoisotopic (exact) mass is 307 g/mol. The van der Waals surface area contributed by atoms with Crippen LogP contribution in [-0.4, -0.2) is 21.6 Å². The number of hydrogen-bond acceptors (Lipinski definition) is 5. The van der Waals surface area contributed by atoms with Gasteiger partial charge in [-0.15, -0.1) is 0 Å². The molecular formula is C14H13NO5S. The Morgan fingerprint density at radius 2 is 1.62 bits per heavy atom. The summed E-state index contributed by atoms with van der Waals surface area (Å²) in [7, 11) is -2.87. The number of benzene rings is 2. The second-order valence-corrected chi connectivity index (χ2v) is 5.63. The number of nitrogens with one attached hydrogen (secondary N) is 1. The Morgan fingerprint density at radius 1 is 1.00 bits per heavy atom. The average Bonchev–Trinajstić information content (AvgIpc) is 2.48. The van der Waals surface area contributed by atoms with Crippen molar-refractivity contribution in [3.05, 3.63) is 54.6 Å². The molecule has 0 bridgehead atoms. The first-order valence-electron chi connectivity index (χ1n) is 5.96. The van der Waals surface area contributed by atoms with E-state index in [1.54, 1.807) is 36.4 Å². The van der Waals surface area contributed by atoms with Crippen molar-refractivity contribution >= 4 is 21.9 Å². The molecule has 0 atom stereocenters. The minimum absolute atomic E-state index is 0.0836. The van der Waals surface area contributed by atoms with Gasteiger partial charge in [0.15, 0.2) is 0 Å². The van der Waals surface area contributed by atoms with Crippen molar-refractivity contribution in [1.29, 1.82) is 0 Å². The van der Waals surface area contributed by atoms with Crippen LogP contribution in [0.5, 0.6) is 5.75 Å². The summed E-state index contributed by atoms with van der Waals surface area (Å²) in [6.07, 6.45) is -0.792. The largest absolute Gasteiger partial charge is 0.417 e. The number of hydrogen-bond donors (Lipinski definition) is 1. The molecule has 1 amide bonds. The van der Waals surface area contributed by atoms with E-state index in [0.717, 1.165) is 7.11 Å². The van der Waals surface area contributed by atoms with Crippen molar-refractivity contribution in [1.82, 2.24) is 0 Å². The van der Waals surface area contributed by atoms with Gasteiger partial charge in [-0.05, 0) is 24.3 Å². The van der Waals surface area contributed by atoms with Gasteiger partial charge in [0.1, 0.15) is 10.6 Å². The maximum atomic E-state index is 11.8. The van der Waals surface area contributed by atoms with E-state index < -0.39 is 16.2 Å². The molecule has 21 heavy (non-hydrogen) atoms. The number of amides is 1. The third-order valence-corrected chi connectivity index (χ3v) is 3.90. The Balaban J connectivity index is 2.19. The van der Waals surface area contributed by atoms with Crippen LogP contribution in [-0.2, 0) is 14.3 Å². The van der Waals surface area contributed by atoms with Gasteiger partial charge in [0, 0.05) is 0 Å². The normalized spacial score (nSPS) is 10.9. The molecule has 2 aromatic rings. The zero-order chi connectivity index (χ0) is 15.3. The van der Waals surface area contributed by atoms with Gasteiger partial charge in [-0.2, -0.15) is 8.42 Å². The number of carbonyl (C=O) groups excluding carboxylic acids is 1. The summed E-state index contributed by atoms with van der Waals surface area (Å²) in [6, 6.07) is 14.3. The van der Waals surface area contributed by atoms with Crippen LogP contribution in [0.15, 0.2) is 59.5 Å². The molecule has 0 aromatic heterocycles. The molecule has 1 N–H and O–H groups in total. The van der Waals surface area contributed by atoms with E-state index in [2.05, 4.69) is 9.50 Å². The van der Waals surface area contributed by atoms with Gasteiger partial charge >= 0.3 is 6.09 Å². The quantitative estimate of drug-likeness (QED) is 0.878. The highest BCUT2D eigenvalue weighted by Crippen LogP contribution is 2.22. The lowest BCUT2D eigenvalue weighted by Gasteiger charge is -2.10. The summed E-state index contributed by atoms with van der Waals surface area (Å²) in [4.78, 5) is 11.6. The fourth-order valence-electron chi connectivity index (χ4n) is 1.61. The van der Waals surface area contributed by atoms with Crippen molar-refractivity contribution in [3.63, 3.8) is 0 Å². The molecule has 0 aliphatic carbocycles. The van der Waals surface area contributed by atoms with Gasteiger partial charge in [-0.1, -0.05) is 30.3 Å². The highest BCUT2D eigenvalue weighted by molar-refractivity contribution is 7.87. The van der Waals surface area contributed by atoms with Gasteiger partial charge in [0.05, 0.1) is 12.8 Å². The van der Waals surface area contributed by atoms with Gasteiger partial charge in [0.25, 0.3) is 10.1 Å². The average molecular weight is 307 g/mol. The lowest BCUT2D eigenvalue weighted by molar-refractivity contribution is 0.215. The van der Waals surface area contributed by atoms with Crippen molar-refractivity contribution in [3.8, 4) is 5.75 Å². The minimum atomic E-state index is -3.92. The smallest absolute Gasteiger partial charge is 0.410 e. The topological polar surface area (TPSA) is 81.7 Å². The van der Waals surface area contributed by atoms with Gasteiger partial charge in [-0.3, -0.25) is 9.50 Å². The van der Waals surface area contributed by atoms with E-state index >= 15 is 0 Å². The molecule has 0 fully saturated rings. The van der Waals surface area contributed by atoms with Crippen molar-refractivity contribution in [2.24, 2.45) is 0 Å². The summed E-state index contributed by atoms with van der Waals surface area (Å²) >= 11 is 0. The van der Waals surface area contributed by atoms with Crippen LogP contribution in [0.4, 0.5) is 10.5 Å². The van der Waals surface area contributed by atoms with E-state index in [4.69, 9.17) is 4.74 Å². The predicted molar refractivity (Wildman–Crippen MR) is 76.7 cm³/mol. The first-order chi connectivity index (χ1) is 10.0. The van der Waals surface area contributed by atoms with Gasteiger partial charge in [0.2, 0.25) is 0 Å². The number of ether oxygens (including phenoxy) is 1. The Morgan fingerprint density at radius 3 is 2.29 bits per heavy atom. The Hall–Kier alpha value is -2.38. The minimum Gasteiger partial charge on any atom is -0.410 e. The molecule has 0 aliphatic heterocycles. The Bertz CT molecular complexity index is 728. The molecule has 0 saturated carbocycles. The summed E-state index contributed by atoms with van der Waals surface area (Å²) in [6.45, 7) is 0. The predicted octanol–water partition coefficient (Wildman–Crippen LogP) is 2.63. The molecule has 2 rings (SSSR count). The highest BCUT2D eigenvalue weighted by Gasteiger charge is 2.19. The number of para-hydroxylation sites is 2. The molecule has 2 aromatic carbocycles. The molecule has 0 heterocycles. The van der Waals surface area contributed by atoms with Crippen LogP contribution in [0.1, 0.15) is 0 Å². The maximum Gasteiger partial charge on any atom is 0.417 e. The Kier molecular flexibility index (Phi) is 4.56. The zero-order valence-corrected chi connectivity index (χ0v) is 12.0.